The van der Waals surface area contributed by atoms with Crippen LogP contribution >= 0.6 is 11.8 Å². The zero-order valence-corrected chi connectivity index (χ0v) is 19.4. The van der Waals surface area contributed by atoms with Crippen molar-refractivity contribution in [1.29, 1.82) is 0 Å². The van der Waals surface area contributed by atoms with Crippen molar-refractivity contribution in [2.75, 3.05) is 11.2 Å². The molecule has 3 N–H and O–H groups in total. The third-order valence-electron chi connectivity index (χ3n) is 4.87. The van der Waals surface area contributed by atoms with Crippen LogP contribution in [0.25, 0.3) is 5.95 Å². The van der Waals surface area contributed by atoms with Crippen LogP contribution in [0.3, 0.4) is 0 Å². The largest absolute Gasteiger partial charge is 0.489 e. The summed E-state index contributed by atoms with van der Waals surface area (Å²) in [4.78, 5) is 12.7. The fourth-order valence-corrected chi connectivity index (χ4v) is 3.92. The van der Waals surface area contributed by atoms with Crippen LogP contribution in [0.1, 0.15) is 23.9 Å². The number of ether oxygens (including phenoxy) is 1. The zero-order valence-electron chi connectivity index (χ0n) is 18.6. The highest BCUT2D eigenvalue weighted by Gasteiger charge is 2.21. The van der Waals surface area contributed by atoms with E-state index in [9.17, 15) is 4.79 Å². The molecule has 4 rings (SSSR count). The van der Waals surface area contributed by atoms with Gasteiger partial charge in [-0.25, -0.2) is 9.36 Å². The molecule has 10 heteroatoms. The lowest BCUT2D eigenvalue weighted by atomic mass is 10.2. The topological polar surface area (TPSA) is 113 Å². The van der Waals surface area contributed by atoms with Gasteiger partial charge in [-0.1, -0.05) is 42.1 Å². The molecule has 1 unspecified atom stereocenters. The van der Waals surface area contributed by atoms with Crippen LogP contribution in [0.15, 0.2) is 65.8 Å². The van der Waals surface area contributed by atoms with Gasteiger partial charge in [0.05, 0.1) is 10.9 Å². The van der Waals surface area contributed by atoms with Crippen LogP contribution in [0.4, 0.5) is 5.69 Å². The number of carbonyl (C=O) groups excluding carboxylic acids is 1. The van der Waals surface area contributed by atoms with Gasteiger partial charge in [-0.05, 0) is 56.7 Å². The molecule has 33 heavy (non-hydrogen) atoms. The Bertz CT molecular complexity index is 1240. The van der Waals surface area contributed by atoms with Gasteiger partial charge in [-0.3, -0.25) is 4.79 Å². The summed E-state index contributed by atoms with van der Waals surface area (Å²) < 4.78 is 8.75. The van der Waals surface area contributed by atoms with Crippen molar-refractivity contribution < 1.29 is 9.53 Å². The van der Waals surface area contributed by atoms with Crippen LogP contribution in [-0.4, -0.2) is 35.8 Å². The lowest BCUT2D eigenvalue weighted by Gasteiger charge is -2.12. The Morgan fingerprint density at radius 2 is 1.85 bits per heavy atom. The number of anilines is 1. The molecule has 9 nitrogen and oxygen atoms in total. The van der Waals surface area contributed by atoms with Crippen LogP contribution in [0.2, 0.25) is 0 Å². The number of nitrogens with one attached hydrogen (secondary N) is 1. The van der Waals surface area contributed by atoms with Crippen molar-refractivity contribution in [3.8, 4) is 11.7 Å². The summed E-state index contributed by atoms with van der Waals surface area (Å²) in [6.07, 6.45) is 0. The predicted octanol–water partition coefficient (Wildman–Crippen LogP) is 3.49. The van der Waals surface area contributed by atoms with Gasteiger partial charge in [0.15, 0.2) is 0 Å². The number of rotatable bonds is 8. The number of aryl methyl sites for hydroxylation is 2. The number of nitrogen functional groups attached to an aromatic ring is 1. The van der Waals surface area contributed by atoms with Gasteiger partial charge in [-0.15, -0.1) is 10.2 Å². The normalized spacial score (nSPS) is 11.8. The van der Waals surface area contributed by atoms with Crippen molar-refractivity contribution in [3.05, 3.63) is 77.6 Å². The second-order valence-electron chi connectivity index (χ2n) is 7.54. The zero-order chi connectivity index (χ0) is 23.4. The molecule has 170 valence electrons. The Hall–Kier alpha value is -3.79. The number of aromatic nitrogens is 5. The monoisotopic (exact) mass is 463 g/mol. The summed E-state index contributed by atoms with van der Waals surface area (Å²) in [5.74, 6) is 7.11. The summed E-state index contributed by atoms with van der Waals surface area (Å²) in [5.41, 5.74) is 3.52. The van der Waals surface area contributed by atoms with Crippen LogP contribution in [0.5, 0.6) is 5.75 Å². The molecule has 2 heterocycles. The summed E-state index contributed by atoms with van der Waals surface area (Å²) in [7, 11) is 0. The molecule has 1 amide bonds. The maximum absolute atomic E-state index is 12.7. The maximum atomic E-state index is 12.7. The van der Waals surface area contributed by atoms with Gasteiger partial charge >= 0.3 is 0 Å². The Morgan fingerprint density at radius 1 is 1.12 bits per heavy atom. The van der Waals surface area contributed by atoms with E-state index in [0.29, 0.717) is 23.4 Å². The van der Waals surface area contributed by atoms with Crippen molar-refractivity contribution in [2.45, 2.75) is 37.8 Å². The third kappa shape index (κ3) is 5.35. The summed E-state index contributed by atoms with van der Waals surface area (Å²) in [6.45, 7) is 6.08. The molecule has 0 radical (unpaired) electrons. The minimum atomic E-state index is -0.446. The van der Waals surface area contributed by atoms with E-state index >= 15 is 0 Å². The highest BCUT2D eigenvalue weighted by atomic mass is 32.2. The lowest BCUT2D eigenvalue weighted by molar-refractivity contribution is -0.115. The Balaban J connectivity index is 1.34. The maximum Gasteiger partial charge on any atom is 0.271 e. The minimum absolute atomic E-state index is 0.173. The standard InChI is InChI=1S/C23H25N7O2S/c1-15-13-16(2)30(28-15)22-26-27-23(29(22)24)33-17(3)21(31)25-19-9-11-20(12-10-19)32-14-18-7-5-4-6-8-18/h4-13,17H,14,24H2,1-3H3,(H,25,31). The van der Waals surface area contributed by atoms with Gasteiger partial charge in [0.2, 0.25) is 11.1 Å². The van der Waals surface area contributed by atoms with E-state index in [1.807, 2.05) is 74.5 Å². The molecule has 0 spiro atoms. The first-order valence-electron chi connectivity index (χ1n) is 10.4. The Kier molecular flexibility index (Phi) is 6.64. The molecule has 0 aliphatic carbocycles. The summed E-state index contributed by atoms with van der Waals surface area (Å²) >= 11 is 1.22. The molecule has 0 aliphatic rings. The van der Waals surface area contributed by atoms with Crippen LogP contribution in [-0.2, 0) is 11.4 Å². The average Bonchev–Trinajstić information content (AvgIpc) is 3.34. The molecule has 2 aromatic heterocycles. The van der Waals surface area contributed by atoms with Crippen molar-refractivity contribution in [1.82, 2.24) is 24.7 Å². The van der Waals surface area contributed by atoms with Crippen molar-refractivity contribution in [3.63, 3.8) is 0 Å². The molecule has 0 saturated heterocycles. The minimum Gasteiger partial charge on any atom is -0.489 e. The van der Waals surface area contributed by atoms with E-state index in [1.54, 1.807) is 11.6 Å². The SMILES string of the molecule is Cc1cc(C)n(-c2nnc(SC(C)C(=O)Nc3ccc(OCc4ccccc4)cc3)n2N)n1. The number of benzene rings is 2. The van der Waals surface area contributed by atoms with E-state index in [1.165, 1.54) is 16.4 Å². The fraction of sp³-hybridized carbons (Fsp3) is 0.217. The molecular formula is C23H25N7O2S. The van der Waals surface area contributed by atoms with Gasteiger partial charge in [-0.2, -0.15) is 5.10 Å². The Morgan fingerprint density at radius 3 is 2.52 bits per heavy atom. The van der Waals surface area contributed by atoms with Crippen molar-refractivity contribution in [2.24, 2.45) is 0 Å². The van der Waals surface area contributed by atoms with E-state index in [-0.39, 0.29) is 5.91 Å². The van der Waals surface area contributed by atoms with E-state index in [2.05, 4.69) is 20.6 Å². The van der Waals surface area contributed by atoms with E-state index in [0.717, 1.165) is 22.7 Å². The molecule has 0 bridgehead atoms. The molecule has 0 aliphatic heterocycles. The second-order valence-corrected chi connectivity index (χ2v) is 8.85. The fourth-order valence-electron chi connectivity index (χ4n) is 3.16. The highest BCUT2D eigenvalue weighted by Crippen LogP contribution is 2.24. The first-order chi connectivity index (χ1) is 15.9. The number of amides is 1. The summed E-state index contributed by atoms with van der Waals surface area (Å²) in [5, 5.41) is 15.5. The lowest BCUT2D eigenvalue weighted by Crippen LogP contribution is -2.24. The number of hydrogen-bond donors (Lipinski definition) is 2. The molecule has 0 fully saturated rings. The van der Waals surface area contributed by atoms with E-state index in [4.69, 9.17) is 10.6 Å². The second kappa shape index (κ2) is 9.78. The molecule has 0 saturated carbocycles. The van der Waals surface area contributed by atoms with Gasteiger partial charge in [0, 0.05) is 11.4 Å². The Labute approximate surface area is 195 Å². The smallest absolute Gasteiger partial charge is 0.271 e. The van der Waals surface area contributed by atoms with E-state index < -0.39 is 5.25 Å². The van der Waals surface area contributed by atoms with Crippen molar-refractivity contribution >= 4 is 23.4 Å². The van der Waals surface area contributed by atoms with Gasteiger partial charge in [0.25, 0.3) is 5.95 Å². The van der Waals surface area contributed by atoms with Gasteiger partial charge in [0.1, 0.15) is 12.4 Å². The predicted molar refractivity (Wildman–Crippen MR) is 128 cm³/mol. The number of thioether (sulfide) groups is 1. The number of carbonyl (C=O) groups is 1. The quantitative estimate of drug-likeness (QED) is 0.304. The molecular weight excluding hydrogens is 438 g/mol. The number of hydrogen-bond acceptors (Lipinski definition) is 7. The highest BCUT2D eigenvalue weighted by molar-refractivity contribution is 8.00. The van der Waals surface area contributed by atoms with Crippen LogP contribution < -0.4 is 15.9 Å². The van der Waals surface area contributed by atoms with Crippen LogP contribution in [0, 0.1) is 13.8 Å². The molecule has 1 atom stereocenters. The number of nitrogens with zero attached hydrogens (tertiary/aromatic N) is 5. The average molecular weight is 464 g/mol. The van der Waals surface area contributed by atoms with Gasteiger partial charge < -0.3 is 15.9 Å². The first-order valence-corrected chi connectivity index (χ1v) is 11.3. The summed E-state index contributed by atoms with van der Waals surface area (Å²) in [6, 6.07) is 19.1. The number of nitrogens with two attached hydrogens (primary N) is 1. The third-order valence-corrected chi connectivity index (χ3v) is 5.92. The molecule has 2 aromatic carbocycles. The first kappa shape index (κ1) is 22.4. The molecule has 4 aromatic rings.